The molecule has 3 nitrogen and oxygen atoms in total. The van der Waals surface area contributed by atoms with Gasteiger partial charge in [-0.25, -0.2) is 4.39 Å². The van der Waals surface area contributed by atoms with Crippen LogP contribution < -0.4 is 5.32 Å². The second-order valence-electron chi connectivity index (χ2n) is 7.37. The predicted octanol–water partition coefficient (Wildman–Crippen LogP) is 6.04. The van der Waals surface area contributed by atoms with Crippen LogP contribution in [0.15, 0.2) is 52.9 Å². The molecule has 2 aliphatic carbocycles. The zero-order chi connectivity index (χ0) is 18.4. The number of ketones is 1. The van der Waals surface area contributed by atoms with Crippen molar-refractivity contribution in [3.05, 3.63) is 65.5 Å². The van der Waals surface area contributed by atoms with Gasteiger partial charge in [0.05, 0.1) is 11.1 Å². The quantitative estimate of drug-likeness (QED) is 0.483. The van der Waals surface area contributed by atoms with Crippen LogP contribution in [0.4, 0.5) is 10.3 Å². The van der Waals surface area contributed by atoms with Crippen molar-refractivity contribution in [2.45, 2.75) is 38.1 Å². The van der Waals surface area contributed by atoms with Crippen molar-refractivity contribution >= 4 is 11.7 Å². The van der Waals surface area contributed by atoms with Crippen molar-refractivity contribution in [2.24, 2.45) is 0 Å². The van der Waals surface area contributed by atoms with Crippen molar-refractivity contribution < 1.29 is 13.6 Å². The highest BCUT2D eigenvalue weighted by atomic mass is 19.1. The summed E-state index contributed by atoms with van der Waals surface area (Å²) in [7, 11) is 0. The second kappa shape index (κ2) is 6.38. The Hall–Kier alpha value is -2.88. The number of benzene rings is 2. The molecule has 5 rings (SSSR count). The van der Waals surface area contributed by atoms with Crippen LogP contribution in [-0.2, 0) is 0 Å². The van der Waals surface area contributed by atoms with E-state index >= 15 is 0 Å². The van der Waals surface area contributed by atoms with Gasteiger partial charge in [-0.05, 0) is 42.7 Å². The first kappa shape index (κ1) is 16.3. The minimum absolute atomic E-state index is 0.0274. The van der Waals surface area contributed by atoms with E-state index in [1.807, 2.05) is 24.3 Å². The highest BCUT2D eigenvalue weighted by Gasteiger charge is 2.36. The maximum absolute atomic E-state index is 13.4. The zero-order valence-corrected chi connectivity index (χ0v) is 14.9. The Kier molecular flexibility index (Phi) is 3.85. The van der Waals surface area contributed by atoms with Gasteiger partial charge in [0, 0.05) is 17.2 Å². The molecule has 0 aliphatic heterocycles. The van der Waals surface area contributed by atoms with E-state index in [1.54, 1.807) is 12.1 Å². The fraction of sp³-hybridized carbons (Fsp3) is 0.261. The molecule has 0 spiro atoms. The number of furan rings is 1. The normalized spacial score (nSPS) is 16.3. The molecular formula is C23H20FNO2. The molecule has 1 heterocycles. The van der Waals surface area contributed by atoms with E-state index in [2.05, 4.69) is 5.32 Å². The molecule has 0 saturated heterocycles. The Balaban J connectivity index is 1.66. The third-order valence-corrected chi connectivity index (χ3v) is 5.62. The molecule has 1 aromatic heterocycles. The van der Waals surface area contributed by atoms with Gasteiger partial charge in [0.25, 0.3) is 0 Å². The van der Waals surface area contributed by atoms with Crippen LogP contribution in [0, 0.1) is 5.82 Å². The molecule has 2 aromatic carbocycles. The molecule has 0 bridgehead atoms. The van der Waals surface area contributed by atoms with E-state index in [-0.39, 0.29) is 11.6 Å². The third-order valence-electron chi connectivity index (χ3n) is 5.62. The van der Waals surface area contributed by atoms with Gasteiger partial charge >= 0.3 is 0 Å². The summed E-state index contributed by atoms with van der Waals surface area (Å²) in [5.41, 5.74) is 3.76. The summed E-state index contributed by atoms with van der Waals surface area (Å²) < 4.78 is 19.6. The van der Waals surface area contributed by atoms with Crippen LogP contribution in [-0.4, -0.2) is 11.8 Å². The Labute approximate surface area is 157 Å². The van der Waals surface area contributed by atoms with E-state index in [1.165, 1.54) is 31.4 Å². The summed E-state index contributed by atoms with van der Waals surface area (Å²) in [5.74, 6) is 0.844. The molecule has 3 aromatic rings. The van der Waals surface area contributed by atoms with E-state index in [0.29, 0.717) is 34.4 Å². The zero-order valence-electron chi connectivity index (χ0n) is 14.9. The maximum Gasteiger partial charge on any atom is 0.202 e. The Morgan fingerprint density at radius 2 is 1.59 bits per heavy atom. The summed E-state index contributed by atoms with van der Waals surface area (Å²) in [6.07, 6.45) is 5.91. The average Bonchev–Trinajstić information content (AvgIpc) is 3.21. The van der Waals surface area contributed by atoms with Gasteiger partial charge in [-0.2, -0.15) is 0 Å². The van der Waals surface area contributed by atoms with Crippen LogP contribution in [0.2, 0.25) is 0 Å². The number of rotatable bonds is 3. The molecule has 27 heavy (non-hydrogen) atoms. The lowest BCUT2D eigenvalue weighted by molar-refractivity contribution is 0.104. The number of fused-ring (bicyclic) bond motifs is 3. The highest BCUT2D eigenvalue weighted by Crippen LogP contribution is 2.48. The van der Waals surface area contributed by atoms with Crippen molar-refractivity contribution in [3.63, 3.8) is 0 Å². The largest absolute Gasteiger partial charge is 0.439 e. The molecule has 2 aliphatic rings. The smallest absolute Gasteiger partial charge is 0.202 e. The van der Waals surface area contributed by atoms with E-state index in [9.17, 15) is 9.18 Å². The second-order valence-corrected chi connectivity index (χ2v) is 7.37. The SMILES string of the molecule is O=C1c2ccccc2-c2c(NC3CCCCC3)oc(-c3ccc(F)cc3)c21. The van der Waals surface area contributed by atoms with Crippen molar-refractivity contribution in [1.82, 2.24) is 0 Å². The van der Waals surface area contributed by atoms with Crippen LogP contribution in [0.3, 0.4) is 0 Å². The van der Waals surface area contributed by atoms with E-state index < -0.39 is 0 Å². The number of hydrogen-bond donors (Lipinski definition) is 1. The predicted molar refractivity (Wildman–Crippen MR) is 103 cm³/mol. The Morgan fingerprint density at radius 1 is 0.889 bits per heavy atom. The Morgan fingerprint density at radius 3 is 2.33 bits per heavy atom. The van der Waals surface area contributed by atoms with Crippen LogP contribution in [0.5, 0.6) is 0 Å². The molecule has 0 atom stereocenters. The minimum Gasteiger partial charge on any atom is -0.439 e. The summed E-state index contributed by atoms with van der Waals surface area (Å²) in [5, 5.41) is 3.55. The third kappa shape index (κ3) is 2.67. The lowest BCUT2D eigenvalue weighted by Crippen LogP contribution is -2.22. The first-order chi connectivity index (χ1) is 13.2. The van der Waals surface area contributed by atoms with Crippen LogP contribution in [0.25, 0.3) is 22.5 Å². The average molecular weight is 361 g/mol. The molecular weight excluding hydrogens is 341 g/mol. The maximum atomic E-state index is 13.4. The van der Waals surface area contributed by atoms with Gasteiger partial charge in [0.2, 0.25) is 5.88 Å². The summed E-state index contributed by atoms with van der Waals surface area (Å²) in [6, 6.07) is 14.1. The number of carbonyl (C=O) groups excluding carboxylic acids is 1. The number of hydrogen-bond acceptors (Lipinski definition) is 3. The molecule has 0 radical (unpaired) electrons. The van der Waals surface area contributed by atoms with Gasteiger partial charge < -0.3 is 9.73 Å². The standard InChI is InChI=1S/C23H20FNO2/c24-15-12-10-14(11-13-15)22-20-19(17-8-4-5-9-18(17)21(20)26)23(27-22)25-16-6-2-1-3-7-16/h4-5,8-13,16,25H,1-3,6-7H2. The van der Waals surface area contributed by atoms with Crippen LogP contribution in [0.1, 0.15) is 48.0 Å². The number of halogens is 1. The molecule has 0 amide bonds. The van der Waals surface area contributed by atoms with E-state index in [4.69, 9.17) is 4.42 Å². The van der Waals surface area contributed by atoms with Gasteiger partial charge in [-0.3, -0.25) is 4.79 Å². The van der Waals surface area contributed by atoms with Crippen molar-refractivity contribution in [1.29, 1.82) is 0 Å². The van der Waals surface area contributed by atoms with Gasteiger partial charge in [0.15, 0.2) is 5.78 Å². The summed E-state index contributed by atoms with van der Waals surface area (Å²) >= 11 is 0. The molecule has 1 fully saturated rings. The number of carbonyl (C=O) groups is 1. The first-order valence-electron chi connectivity index (χ1n) is 9.56. The lowest BCUT2D eigenvalue weighted by atomic mass is 9.95. The van der Waals surface area contributed by atoms with Crippen molar-refractivity contribution in [2.75, 3.05) is 5.32 Å². The lowest BCUT2D eigenvalue weighted by Gasteiger charge is -2.23. The topological polar surface area (TPSA) is 42.2 Å². The highest BCUT2D eigenvalue weighted by molar-refractivity contribution is 6.26. The molecule has 0 unspecified atom stereocenters. The summed E-state index contributed by atoms with van der Waals surface area (Å²) in [6.45, 7) is 0. The fourth-order valence-electron chi connectivity index (χ4n) is 4.28. The number of anilines is 1. The van der Waals surface area contributed by atoms with Gasteiger partial charge in [-0.1, -0.05) is 43.5 Å². The van der Waals surface area contributed by atoms with Crippen molar-refractivity contribution in [3.8, 4) is 22.5 Å². The molecule has 4 heteroatoms. The monoisotopic (exact) mass is 361 g/mol. The molecule has 1 N–H and O–H groups in total. The minimum atomic E-state index is -0.308. The first-order valence-corrected chi connectivity index (χ1v) is 9.56. The van der Waals surface area contributed by atoms with Crippen LogP contribution >= 0.6 is 0 Å². The fourth-order valence-corrected chi connectivity index (χ4v) is 4.28. The van der Waals surface area contributed by atoms with Gasteiger partial charge in [-0.15, -0.1) is 0 Å². The molecule has 136 valence electrons. The molecule has 1 saturated carbocycles. The Bertz CT molecular complexity index is 1010. The number of nitrogens with one attached hydrogen (secondary N) is 1. The van der Waals surface area contributed by atoms with E-state index in [0.717, 1.165) is 24.0 Å². The van der Waals surface area contributed by atoms with Gasteiger partial charge in [0.1, 0.15) is 11.6 Å². The summed E-state index contributed by atoms with van der Waals surface area (Å²) in [4.78, 5) is 13.1.